The Morgan fingerprint density at radius 1 is 0.938 bits per heavy atom. The van der Waals surface area contributed by atoms with Crippen molar-refractivity contribution in [1.82, 2.24) is 0 Å². The summed E-state index contributed by atoms with van der Waals surface area (Å²) in [4.78, 5) is 4.17. The van der Waals surface area contributed by atoms with Gasteiger partial charge in [0.15, 0.2) is 0 Å². The van der Waals surface area contributed by atoms with Crippen LogP contribution in [0.25, 0.3) is 0 Å². The fourth-order valence-corrected chi connectivity index (χ4v) is 4.65. The first kappa shape index (κ1) is 22.5. The van der Waals surface area contributed by atoms with Crippen molar-refractivity contribution in [3.05, 3.63) is 94.5 Å². The minimum absolute atomic E-state index is 0.0746. The molecule has 0 spiro atoms. The van der Waals surface area contributed by atoms with Crippen LogP contribution in [0.5, 0.6) is 0 Å². The van der Waals surface area contributed by atoms with Crippen molar-refractivity contribution in [3.63, 3.8) is 0 Å². The lowest BCUT2D eigenvalue weighted by atomic mass is 9.98. The lowest BCUT2D eigenvalue weighted by Gasteiger charge is -2.45. The normalized spacial score (nSPS) is 16.2. The maximum atomic E-state index is 13.1. The van der Waals surface area contributed by atoms with Gasteiger partial charge in [-0.25, -0.2) is 0 Å². The van der Waals surface area contributed by atoms with Crippen LogP contribution in [-0.2, 0) is 13.0 Å². The summed E-state index contributed by atoms with van der Waals surface area (Å²) in [6.45, 7) is 3.26. The molecule has 0 amide bonds. The molecule has 0 saturated heterocycles. The minimum atomic E-state index is -4.20. The quantitative estimate of drug-likeness (QED) is 0.379. The largest absolute Gasteiger partial charge is 0.390 e. The number of hydrogen-bond donors (Lipinski definition) is 0. The molecule has 0 aliphatic carbocycles. The molecule has 1 aliphatic heterocycles. The van der Waals surface area contributed by atoms with Gasteiger partial charge in [-0.1, -0.05) is 73.1 Å². The Balaban J connectivity index is 1.72. The molecule has 4 rings (SSSR count). The van der Waals surface area contributed by atoms with Gasteiger partial charge in [-0.15, -0.1) is 0 Å². The Morgan fingerprint density at radius 2 is 1.62 bits per heavy atom. The fraction of sp³-hybridized carbons (Fsp3) is 0.308. The van der Waals surface area contributed by atoms with Gasteiger partial charge in [0.25, 0.3) is 0 Å². The fourth-order valence-electron chi connectivity index (χ4n) is 4.40. The maximum Gasteiger partial charge on any atom is 0.390 e. The van der Waals surface area contributed by atoms with E-state index in [0.29, 0.717) is 13.1 Å². The number of anilines is 2. The number of para-hydroxylation sites is 2. The molecule has 0 saturated carbocycles. The molecule has 2 nitrogen and oxygen atoms in total. The summed E-state index contributed by atoms with van der Waals surface area (Å²) in [7, 11) is 0. The molecule has 0 radical (unpaired) electrons. The molecule has 3 aromatic rings. The second-order valence-corrected chi connectivity index (χ2v) is 8.54. The molecular formula is C26H26ClF3N2. The van der Waals surface area contributed by atoms with E-state index in [0.717, 1.165) is 39.5 Å². The van der Waals surface area contributed by atoms with Gasteiger partial charge in [0.05, 0.1) is 23.8 Å². The Morgan fingerprint density at radius 3 is 2.31 bits per heavy atom. The van der Waals surface area contributed by atoms with E-state index in [1.165, 1.54) is 0 Å². The van der Waals surface area contributed by atoms with Crippen LogP contribution >= 0.6 is 11.6 Å². The Bertz CT molecular complexity index is 1050. The standard InChI is InChI=1S/C26H26ClF3N2/c1-2-20-16-19(12-13-22(20)27)17-31-18-25(21-8-4-3-5-9-21)32(15-14-26(28,29)30)24-11-7-6-10-23(24)31/h3-13,16,25H,2,14-15,17-18H2,1H3/t25-/m0/s1. The van der Waals surface area contributed by atoms with Crippen LogP contribution < -0.4 is 9.80 Å². The zero-order valence-electron chi connectivity index (χ0n) is 17.9. The van der Waals surface area contributed by atoms with Crippen LogP contribution in [0, 0.1) is 0 Å². The maximum absolute atomic E-state index is 13.1. The molecule has 1 atom stereocenters. The van der Waals surface area contributed by atoms with E-state index in [9.17, 15) is 13.2 Å². The molecule has 3 aromatic carbocycles. The highest BCUT2D eigenvalue weighted by Gasteiger charge is 2.35. The number of nitrogens with zero attached hydrogens (tertiary/aromatic N) is 2. The second-order valence-electron chi connectivity index (χ2n) is 8.13. The summed E-state index contributed by atoms with van der Waals surface area (Å²) in [6.07, 6.45) is -4.20. The molecule has 0 bridgehead atoms. The van der Waals surface area contributed by atoms with E-state index in [1.54, 1.807) is 0 Å². The highest BCUT2D eigenvalue weighted by atomic mass is 35.5. The summed E-state index contributed by atoms with van der Waals surface area (Å²) in [5, 5.41) is 0.760. The van der Waals surface area contributed by atoms with E-state index in [1.807, 2.05) is 71.6 Å². The lowest BCUT2D eigenvalue weighted by molar-refractivity contribution is -0.132. The summed E-state index contributed by atoms with van der Waals surface area (Å²) in [5.74, 6) is 0. The number of aryl methyl sites for hydroxylation is 1. The molecule has 0 unspecified atom stereocenters. The highest BCUT2D eigenvalue weighted by molar-refractivity contribution is 6.31. The average molecular weight is 459 g/mol. The summed E-state index contributed by atoms with van der Waals surface area (Å²) >= 11 is 6.30. The number of alkyl halides is 3. The molecule has 32 heavy (non-hydrogen) atoms. The monoisotopic (exact) mass is 458 g/mol. The first-order chi connectivity index (χ1) is 15.4. The predicted octanol–water partition coefficient (Wildman–Crippen LogP) is 7.42. The van der Waals surface area contributed by atoms with Gasteiger partial charge < -0.3 is 9.80 Å². The Labute approximate surface area is 192 Å². The third-order valence-corrected chi connectivity index (χ3v) is 6.36. The minimum Gasteiger partial charge on any atom is -0.363 e. The van der Waals surface area contributed by atoms with Crippen molar-refractivity contribution < 1.29 is 13.2 Å². The second kappa shape index (κ2) is 9.45. The number of fused-ring (bicyclic) bond motifs is 1. The van der Waals surface area contributed by atoms with Crippen LogP contribution in [0.2, 0.25) is 5.02 Å². The summed E-state index contributed by atoms with van der Waals surface area (Å²) in [5.41, 5.74) is 5.04. The predicted molar refractivity (Wildman–Crippen MR) is 126 cm³/mol. The van der Waals surface area contributed by atoms with Gasteiger partial charge in [0.2, 0.25) is 0 Å². The smallest absolute Gasteiger partial charge is 0.363 e. The molecular weight excluding hydrogens is 433 g/mol. The highest BCUT2D eigenvalue weighted by Crippen LogP contribution is 2.42. The van der Waals surface area contributed by atoms with Gasteiger partial charge in [-0.2, -0.15) is 13.2 Å². The molecule has 0 aromatic heterocycles. The van der Waals surface area contributed by atoms with Crippen molar-refractivity contribution in [2.24, 2.45) is 0 Å². The van der Waals surface area contributed by atoms with E-state index in [2.05, 4.69) is 17.9 Å². The Hall–Kier alpha value is -2.66. The van der Waals surface area contributed by atoms with E-state index in [4.69, 9.17) is 11.6 Å². The molecule has 168 valence electrons. The molecule has 1 aliphatic rings. The SMILES string of the molecule is CCc1cc(CN2C[C@@H](c3ccccc3)N(CCC(F)(F)F)c3ccccc32)ccc1Cl. The summed E-state index contributed by atoms with van der Waals surface area (Å²) in [6, 6.07) is 23.4. The van der Waals surface area contributed by atoms with E-state index < -0.39 is 12.6 Å². The van der Waals surface area contributed by atoms with Gasteiger partial charge >= 0.3 is 6.18 Å². The van der Waals surface area contributed by atoms with Gasteiger partial charge in [0, 0.05) is 24.7 Å². The number of benzene rings is 3. The van der Waals surface area contributed by atoms with E-state index in [-0.39, 0.29) is 12.6 Å². The lowest BCUT2D eigenvalue weighted by Crippen LogP contribution is -2.44. The van der Waals surface area contributed by atoms with Crippen molar-refractivity contribution in [3.8, 4) is 0 Å². The van der Waals surface area contributed by atoms with Crippen molar-refractivity contribution >= 4 is 23.0 Å². The third kappa shape index (κ3) is 5.04. The van der Waals surface area contributed by atoms with Gasteiger partial charge in [-0.3, -0.25) is 0 Å². The Kier molecular flexibility index (Phi) is 6.66. The van der Waals surface area contributed by atoms with Crippen LogP contribution in [0.15, 0.2) is 72.8 Å². The molecule has 6 heteroatoms. The van der Waals surface area contributed by atoms with Crippen LogP contribution in [0.4, 0.5) is 24.5 Å². The number of rotatable bonds is 6. The zero-order valence-corrected chi connectivity index (χ0v) is 18.7. The van der Waals surface area contributed by atoms with Crippen LogP contribution in [0.3, 0.4) is 0 Å². The van der Waals surface area contributed by atoms with Crippen LogP contribution in [-0.4, -0.2) is 19.3 Å². The van der Waals surface area contributed by atoms with Gasteiger partial charge in [-0.05, 0) is 41.3 Å². The topological polar surface area (TPSA) is 6.48 Å². The van der Waals surface area contributed by atoms with Gasteiger partial charge in [0.1, 0.15) is 0 Å². The van der Waals surface area contributed by atoms with Crippen molar-refractivity contribution in [2.45, 2.75) is 38.5 Å². The van der Waals surface area contributed by atoms with Crippen molar-refractivity contribution in [1.29, 1.82) is 0 Å². The zero-order chi connectivity index (χ0) is 22.7. The van der Waals surface area contributed by atoms with Crippen molar-refractivity contribution in [2.75, 3.05) is 22.9 Å². The van der Waals surface area contributed by atoms with Crippen LogP contribution in [0.1, 0.15) is 36.1 Å². The molecule has 1 heterocycles. The first-order valence-electron chi connectivity index (χ1n) is 10.9. The molecule has 0 N–H and O–H groups in total. The average Bonchev–Trinajstić information content (AvgIpc) is 2.79. The molecule has 0 fully saturated rings. The summed E-state index contributed by atoms with van der Waals surface area (Å²) < 4.78 is 39.4. The first-order valence-corrected chi connectivity index (χ1v) is 11.2. The number of halogens is 4. The number of hydrogen-bond acceptors (Lipinski definition) is 2. The van der Waals surface area contributed by atoms with E-state index >= 15 is 0 Å². The third-order valence-electron chi connectivity index (χ3n) is 5.99.